The van der Waals surface area contributed by atoms with Crippen LogP contribution >= 0.6 is 11.6 Å². The number of amides is 1. The molecule has 0 atom stereocenters. The first-order valence-corrected chi connectivity index (χ1v) is 8.30. The van der Waals surface area contributed by atoms with Gasteiger partial charge in [0, 0.05) is 10.7 Å². The van der Waals surface area contributed by atoms with Crippen LogP contribution < -0.4 is 5.32 Å². The van der Waals surface area contributed by atoms with Gasteiger partial charge in [0.15, 0.2) is 0 Å². The average molecular weight is 355 g/mol. The van der Waals surface area contributed by atoms with Crippen molar-refractivity contribution in [3.05, 3.63) is 71.3 Å². The standard InChI is InChI=1S/C19H19ClN4O/c1-19(2,3)13-4-8-15(9-5-13)22-18(25)17-21-12-24(23-17)16-10-6-14(20)7-11-16/h4-12H,1-3H3,(H,22,25). The van der Waals surface area contributed by atoms with Gasteiger partial charge in [-0.2, -0.15) is 0 Å². The van der Waals surface area contributed by atoms with Gasteiger partial charge in [-0.1, -0.05) is 44.5 Å². The number of benzene rings is 2. The summed E-state index contributed by atoms with van der Waals surface area (Å²) in [5.74, 6) is -0.244. The van der Waals surface area contributed by atoms with Gasteiger partial charge in [0.05, 0.1) is 5.69 Å². The van der Waals surface area contributed by atoms with Crippen LogP contribution in [0.15, 0.2) is 54.9 Å². The van der Waals surface area contributed by atoms with E-state index in [4.69, 9.17) is 11.6 Å². The molecule has 2 aromatic carbocycles. The Morgan fingerprint density at radius 1 is 1.04 bits per heavy atom. The number of anilines is 1. The minimum atomic E-state index is -0.351. The highest BCUT2D eigenvalue weighted by Gasteiger charge is 2.15. The summed E-state index contributed by atoms with van der Waals surface area (Å²) >= 11 is 5.87. The molecule has 0 saturated carbocycles. The van der Waals surface area contributed by atoms with Crippen molar-refractivity contribution in [1.82, 2.24) is 14.8 Å². The zero-order chi connectivity index (χ0) is 18.0. The molecule has 1 heterocycles. The van der Waals surface area contributed by atoms with Crippen molar-refractivity contribution < 1.29 is 4.79 Å². The lowest BCUT2D eigenvalue weighted by Crippen LogP contribution is -2.15. The van der Waals surface area contributed by atoms with Crippen LogP contribution in [0.4, 0.5) is 5.69 Å². The average Bonchev–Trinajstić information content (AvgIpc) is 3.05. The van der Waals surface area contributed by atoms with E-state index in [-0.39, 0.29) is 17.1 Å². The predicted octanol–water partition coefficient (Wildman–Crippen LogP) is 4.47. The van der Waals surface area contributed by atoms with Crippen molar-refractivity contribution in [2.75, 3.05) is 5.32 Å². The molecule has 1 N–H and O–H groups in total. The molecule has 0 aliphatic carbocycles. The highest BCUT2D eigenvalue weighted by Crippen LogP contribution is 2.23. The molecule has 0 aliphatic rings. The SMILES string of the molecule is CC(C)(C)c1ccc(NC(=O)c2ncn(-c3ccc(Cl)cc3)n2)cc1. The number of aromatic nitrogens is 3. The Bertz CT molecular complexity index is 877. The number of rotatable bonds is 3. The van der Waals surface area contributed by atoms with Crippen molar-refractivity contribution in [3.8, 4) is 5.69 Å². The van der Waals surface area contributed by atoms with E-state index in [2.05, 4.69) is 36.2 Å². The van der Waals surface area contributed by atoms with Crippen molar-refractivity contribution in [2.24, 2.45) is 0 Å². The van der Waals surface area contributed by atoms with Gasteiger partial charge in [0.25, 0.3) is 5.91 Å². The Balaban J connectivity index is 1.72. The second kappa shape index (κ2) is 6.69. The molecule has 25 heavy (non-hydrogen) atoms. The van der Waals surface area contributed by atoms with E-state index in [0.717, 1.165) is 5.69 Å². The third kappa shape index (κ3) is 4.06. The number of carbonyl (C=O) groups is 1. The number of nitrogens with zero attached hydrogens (tertiary/aromatic N) is 3. The molecule has 0 saturated heterocycles. The summed E-state index contributed by atoms with van der Waals surface area (Å²) in [4.78, 5) is 16.4. The minimum Gasteiger partial charge on any atom is -0.319 e. The number of hydrogen-bond acceptors (Lipinski definition) is 3. The first kappa shape index (κ1) is 17.2. The lowest BCUT2D eigenvalue weighted by atomic mass is 9.87. The van der Waals surface area contributed by atoms with Crippen LogP contribution in [0, 0.1) is 0 Å². The fourth-order valence-corrected chi connectivity index (χ4v) is 2.45. The molecule has 0 radical (unpaired) electrons. The summed E-state index contributed by atoms with van der Waals surface area (Å²) in [6, 6.07) is 14.9. The van der Waals surface area contributed by atoms with E-state index in [1.54, 1.807) is 12.1 Å². The van der Waals surface area contributed by atoms with Gasteiger partial charge in [-0.25, -0.2) is 9.67 Å². The molecule has 3 aromatic rings. The van der Waals surface area contributed by atoms with E-state index in [1.807, 2.05) is 36.4 Å². The Labute approximate surface area is 151 Å². The minimum absolute atomic E-state index is 0.0709. The topological polar surface area (TPSA) is 59.8 Å². The van der Waals surface area contributed by atoms with Crippen molar-refractivity contribution in [2.45, 2.75) is 26.2 Å². The Kier molecular flexibility index (Phi) is 4.59. The first-order valence-electron chi connectivity index (χ1n) is 7.92. The van der Waals surface area contributed by atoms with Crippen LogP contribution in [0.1, 0.15) is 37.0 Å². The number of halogens is 1. The number of hydrogen-bond donors (Lipinski definition) is 1. The number of carbonyl (C=O) groups excluding carboxylic acids is 1. The van der Waals surface area contributed by atoms with Crippen molar-refractivity contribution in [3.63, 3.8) is 0 Å². The Morgan fingerprint density at radius 2 is 1.68 bits per heavy atom. The second-order valence-electron chi connectivity index (χ2n) is 6.77. The van der Waals surface area contributed by atoms with Crippen LogP contribution in [-0.2, 0) is 5.41 Å². The van der Waals surface area contributed by atoms with Crippen molar-refractivity contribution >= 4 is 23.2 Å². The third-order valence-electron chi connectivity index (χ3n) is 3.79. The van der Waals surface area contributed by atoms with E-state index in [9.17, 15) is 4.79 Å². The molecular formula is C19H19ClN4O. The van der Waals surface area contributed by atoms with Gasteiger partial charge in [-0.05, 0) is 47.4 Å². The van der Waals surface area contributed by atoms with Gasteiger partial charge in [0.1, 0.15) is 6.33 Å². The first-order chi connectivity index (χ1) is 11.8. The Hall–Kier alpha value is -2.66. The Morgan fingerprint density at radius 3 is 2.28 bits per heavy atom. The summed E-state index contributed by atoms with van der Waals surface area (Å²) in [6.45, 7) is 6.44. The van der Waals surface area contributed by atoms with Gasteiger partial charge in [-0.15, -0.1) is 5.10 Å². The maximum Gasteiger partial charge on any atom is 0.295 e. The molecule has 0 bridgehead atoms. The van der Waals surface area contributed by atoms with E-state index < -0.39 is 0 Å². The normalized spacial score (nSPS) is 11.4. The highest BCUT2D eigenvalue weighted by molar-refractivity contribution is 6.30. The molecule has 5 nitrogen and oxygen atoms in total. The fourth-order valence-electron chi connectivity index (χ4n) is 2.33. The number of nitrogens with one attached hydrogen (secondary N) is 1. The molecule has 0 spiro atoms. The molecule has 6 heteroatoms. The smallest absolute Gasteiger partial charge is 0.295 e. The molecular weight excluding hydrogens is 336 g/mol. The molecule has 1 amide bonds. The summed E-state index contributed by atoms with van der Waals surface area (Å²) < 4.78 is 1.54. The van der Waals surface area contributed by atoms with Gasteiger partial charge in [-0.3, -0.25) is 4.79 Å². The fraction of sp³-hybridized carbons (Fsp3) is 0.211. The lowest BCUT2D eigenvalue weighted by molar-refractivity contribution is 0.101. The van der Waals surface area contributed by atoms with Crippen LogP contribution in [0.3, 0.4) is 0 Å². The second-order valence-corrected chi connectivity index (χ2v) is 7.21. The van der Waals surface area contributed by atoms with Crippen LogP contribution in [0.5, 0.6) is 0 Å². The summed E-state index contributed by atoms with van der Waals surface area (Å²) in [7, 11) is 0. The molecule has 0 aliphatic heterocycles. The van der Waals surface area contributed by atoms with Gasteiger partial charge >= 0.3 is 0 Å². The largest absolute Gasteiger partial charge is 0.319 e. The quantitative estimate of drug-likeness (QED) is 0.754. The summed E-state index contributed by atoms with van der Waals surface area (Å²) in [6.07, 6.45) is 1.50. The zero-order valence-electron chi connectivity index (χ0n) is 14.3. The maximum atomic E-state index is 12.3. The summed E-state index contributed by atoms with van der Waals surface area (Å²) in [5, 5.41) is 7.67. The van der Waals surface area contributed by atoms with Gasteiger partial charge in [0.2, 0.25) is 5.82 Å². The van der Waals surface area contributed by atoms with Crippen LogP contribution in [0.25, 0.3) is 5.69 Å². The molecule has 128 valence electrons. The molecule has 0 unspecified atom stereocenters. The highest BCUT2D eigenvalue weighted by atomic mass is 35.5. The zero-order valence-corrected chi connectivity index (χ0v) is 15.1. The van der Waals surface area contributed by atoms with E-state index >= 15 is 0 Å². The molecule has 1 aromatic heterocycles. The molecule has 0 fully saturated rings. The van der Waals surface area contributed by atoms with Crippen LogP contribution in [-0.4, -0.2) is 20.7 Å². The lowest BCUT2D eigenvalue weighted by Gasteiger charge is -2.19. The van der Waals surface area contributed by atoms with Gasteiger partial charge < -0.3 is 5.32 Å². The molecule has 3 rings (SSSR count). The van der Waals surface area contributed by atoms with Crippen molar-refractivity contribution in [1.29, 1.82) is 0 Å². The summed E-state index contributed by atoms with van der Waals surface area (Å²) in [5.41, 5.74) is 2.77. The third-order valence-corrected chi connectivity index (χ3v) is 4.05. The van der Waals surface area contributed by atoms with Crippen LogP contribution in [0.2, 0.25) is 5.02 Å². The maximum absolute atomic E-state index is 12.3. The predicted molar refractivity (Wildman–Crippen MR) is 99.5 cm³/mol. The monoisotopic (exact) mass is 354 g/mol. The van der Waals surface area contributed by atoms with E-state index in [0.29, 0.717) is 10.7 Å². The van der Waals surface area contributed by atoms with E-state index in [1.165, 1.54) is 16.6 Å².